The van der Waals surface area contributed by atoms with Gasteiger partial charge < -0.3 is 4.74 Å². The van der Waals surface area contributed by atoms with E-state index in [-0.39, 0.29) is 0 Å². The molecule has 0 bridgehead atoms. The molecule has 1 N–H and O–H groups in total. The fraction of sp³-hybridized carbons (Fsp3) is 0.111. The van der Waals surface area contributed by atoms with Crippen molar-refractivity contribution in [1.29, 1.82) is 0 Å². The van der Waals surface area contributed by atoms with Gasteiger partial charge in [0.15, 0.2) is 5.65 Å². The van der Waals surface area contributed by atoms with Gasteiger partial charge in [0.1, 0.15) is 5.52 Å². The predicted molar refractivity (Wildman–Crippen MR) is 91.6 cm³/mol. The second kappa shape index (κ2) is 5.73. The van der Waals surface area contributed by atoms with E-state index in [0.29, 0.717) is 11.5 Å². The molecule has 0 saturated heterocycles. The molecule has 24 heavy (non-hydrogen) atoms. The first kappa shape index (κ1) is 14.3. The van der Waals surface area contributed by atoms with Gasteiger partial charge in [0.2, 0.25) is 5.88 Å². The van der Waals surface area contributed by atoms with Crippen LogP contribution in [0.3, 0.4) is 0 Å². The van der Waals surface area contributed by atoms with Gasteiger partial charge in [0.25, 0.3) is 0 Å². The summed E-state index contributed by atoms with van der Waals surface area (Å²) >= 11 is 0. The summed E-state index contributed by atoms with van der Waals surface area (Å²) < 4.78 is 5.09. The van der Waals surface area contributed by atoms with Gasteiger partial charge in [-0.2, -0.15) is 5.10 Å². The summed E-state index contributed by atoms with van der Waals surface area (Å²) in [6.45, 7) is 2.06. The van der Waals surface area contributed by atoms with Crippen molar-refractivity contribution in [2.24, 2.45) is 0 Å². The van der Waals surface area contributed by atoms with E-state index in [1.165, 1.54) is 0 Å². The van der Waals surface area contributed by atoms with Crippen molar-refractivity contribution >= 4 is 11.2 Å². The van der Waals surface area contributed by atoms with E-state index in [2.05, 4.69) is 33.2 Å². The molecule has 0 saturated carbocycles. The molecule has 4 rings (SSSR count). The maximum atomic E-state index is 5.09. The number of methoxy groups -OCH3 is 1. The summed E-state index contributed by atoms with van der Waals surface area (Å²) in [5, 5.41) is 7.32. The van der Waals surface area contributed by atoms with Crippen LogP contribution in [0.15, 0.2) is 48.8 Å². The molecule has 118 valence electrons. The Labute approximate surface area is 138 Å². The third kappa shape index (κ3) is 2.38. The number of pyridine rings is 1. The van der Waals surface area contributed by atoms with Crippen LogP contribution in [0.4, 0.5) is 0 Å². The molecule has 0 aliphatic heterocycles. The van der Waals surface area contributed by atoms with Gasteiger partial charge in [-0.05, 0) is 18.6 Å². The van der Waals surface area contributed by atoms with Crippen LogP contribution in [0.2, 0.25) is 0 Å². The number of nitrogens with one attached hydrogen (secondary N) is 1. The molecule has 6 heteroatoms. The number of hydrogen-bond acceptors (Lipinski definition) is 5. The number of ether oxygens (including phenoxy) is 1. The number of aryl methyl sites for hydroxylation is 1. The highest BCUT2D eigenvalue weighted by molar-refractivity contribution is 5.89. The van der Waals surface area contributed by atoms with E-state index in [1.54, 1.807) is 25.6 Å². The molecule has 3 heterocycles. The van der Waals surface area contributed by atoms with Crippen LogP contribution in [-0.2, 0) is 0 Å². The molecular formula is C18H15N5O. The van der Waals surface area contributed by atoms with Crippen molar-refractivity contribution in [3.8, 4) is 28.4 Å². The zero-order valence-corrected chi connectivity index (χ0v) is 13.3. The lowest BCUT2D eigenvalue weighted by Gasteiger charge is -2.04. The maximum Gasteiger partial charge on any atom is 0.212 e. The average molecular weight is 317 g/mol. The van der Waals surface area contributed by atoms with Gasteiger partial charge in [-0.1, -0.05) is 24.3 Å². The molecular weight excluding hydrogens is 302 g/mol. The van der Waals surface area contributed by atoms with Gasteiger partial charge >= 0.3 is 0 Å². The number of hydrogen-bond donors (Lipinski definition) is 1. The molecule has 4 aromatic rings. The molecule has 0 unspecified atom stereocenters. The Morgan fingerprint density at radius 1 is 1.00 bits per heavy atom. The van der Waals surface area contributed by atoms with E-state index in [1.807, 2.05) is 24.3 Å². The Kier molecular flexibility index (Phi) is 3.42. The van der Waals surface area contributed by atoms with Crippen molar-refractivity contribution in [1.82, 2.24) is 25.1 Å². The van der Waals surface area contributed by atoms with Crippen LogP contribution >= 0.6 is 0 Å². The third-order valence-electron chi connectivity index (χ3n) is 3.92. The quantitative estimate of drug-likeness (QED) is 0.626. The largest absolute Gasteiger partial charge is 0.481 e. The average Bonchev–Trinajstić information content (AvgIpc) is 3.05. The van der Waals surface area contributed by atoms with Crippen molar-refractivity contribution in [3.63, 3.8) is 0 Å². The first-order valence-electron chi connectivity index (χ1n) is 7.54. The van der Waals surface area contributed by atoms with Crippen LogP contribution in [-0.4, -0.2) is 32.3 Å². The van der Waals surface area contributed by atoms with Crippen LogP contribution in [0.5, 0.6) is 5.88 Å². The molecule has 0 aliphatic rings. The van der Waals surface area contributed by atoms with Crippen molar-refractivity contribution < 1.29 is 4.74 Å². The molecule has 3 aromatic heterocycles. The zero-order valence-electron chi connectivity index (χ0n) is 13.3. The molecule has 0 atom stereocenters. The molecule has 0 aliphatic carbocycles. The van der Waals surface area contributed by atoms with Gasteiger partial charge in [-0.25, -0.2) is 15.0 Å². The lowest BCUT2D eigenvalue weighted by molar-refractivity contribution is 0.398. The second-order valence-corrected chi connectivity index (χ2v) is 5.43. The van der Waals surface area contributed by atoms with E-state index in [0.717, 1.165) is 33.6 Å². The second-order valence-electron chi connectivity index (χ2n) is 5.43. The summed E-state index contributed by atoms with van der Waals surface area (Å²) in [7, 11) is 1.59. The Morgan fingerprint density at radius 3 is 2.62 bits per heavy atom. The van der Waals surface area contributed by atoms with Gasteiger partial charge in [0, 0.05) is 23.4 Å². The molecule has 6 nitrogen and oxygen atoms in total. The van der Waals surface area contributed by atoms with Crippen LogP contribution in [0, 0.1) is 6.92 Å². The monoisotopic (exact) mass is 317 g/mol. The van der Waals surface area contributed by atoms with Gasteiger partial charge in [-0.15, -0.1) is 0 Å². The smallest absolute Gasteiger partial charge is 0.212 e. The predicted octanol–water partition coefficient (Wildman–Crippen LogP) is 3.40. The van der Waals surface area contributed by atoms with Crippen LogP contribution < -0.4 is 4.74 Å². The zero-order chi connectivity index (χ0) is 16.5. The fourth-order valence-corrected chi connectivity index (χ4v) is 2.63. The first-order chi connectivity index (χ1) is 11.8. The van der Waals surface area contributed by atoms with Gasteiger partial charge in [0.05, 0.1) is 24.7 Å². The van der Waals surface area contributed by atoms with Crippen molar-refractivity contribution in [2.75, 3.05) is 7.11 Å². The molecule has 0 amide bonds. The first-order valence-corrected chi connectivity index (χ1v) is 7.54. The highest BCUT2D eigenvalue weighted by Crippen LogP contribution is 2.28. The number of fused-ring (bicyclic) bond motifs is 1. The van der Waals surface area contributed by atoms with E-state index in [4.69, 9.17) is 9.72 Å². The summed E-state index contributed by atoms with van der Waals surface area (Å²) in [6.07, 6.45) is 3.43. The van der Waals surface area contributed by atoms with Gasteiger partial charge in [-0.3, -0.25) is 5.10 Å². The molecule has 1 aromatic carbocycles. The van der Waals surface area contributed by atoms with E-state index >= 15 is 0 Å². The Hall–Kier alpha value is -3.28. The normalized spacial score (nSPS) is 10.9. The van der Waals surface area contributed by atoms with E-state index < -0.39 is 0 Å². The minimum absolute atomic E-state index is 0.566. The lowest BCUT2D eigenvalue weighted by Crippen LogP contribution is -1.91. The number of H-pyrrole nitrogens is 1. The topological polar surface area (TPSA) is 76.6 Å². The summed E-state index contributed by atoms with van der Waals surface area (Å²) in [5.41, 5.74) is 6.06. The fourth-order valence-electron chi connectivity index (χ4n) is 2.63. The summed E-state index contributed by atoms with van der Waals surface area (Å²) in [4.78, 5) is 13.4. The maximum absolute atomic E-state index is 5.09. The Morgan fingerprint density at radius 2 is 1.88 bits per heavy atom. The Bertz CT molecular complexity index is 1010. The number of benzene rings is 1. The highest BCUT2D eigenvalue weighted by atomic mass is 16.5. The van der Waals surface area contributed by atoms with Crippen molar-refractivity contribution in [3.05, 3.63) is 54.4 Å². The van der Waals surface area contributed by atoms with Crippen LogP contribution in [0.25, 0.3) is 33.7 Å². The lowest BCUT2D eigenvalue weighted by atomic mass is 10.1. The number of aromatic nitrogens is 5. The minimum Gasteiger partial charge on any atom is -0.481 e. The highest BCUT2D eigenvalue weighted by Gasteiger charge is 2.13. The molecule has 0 fully saturated rings. The SMILES string of the molecule is COc1ccc(-c2cnc3n[nH]c(-c4ccccc4C)c3n2)cn1. The summed E-state index contributed by atoms with van der Waals surface area (Å²) in [6, 6.07) is 11.8. The molecule has 0 radical (unpaired) electrons. The minimum atomic E-state index is 0.566. The number of nitrogens with zero attached hydrogens (tertiary/aromatic N) is 4. The van der Waals surface area contributed by atoms with Crippen LogP contribution in [0.1, 0.15) is 5.56 Å². The summed E-state index contributed by atoms with van der Waals surface area (Å²) in [5.74, 6) is 0.566. The molecule has 0 spiro atoms. The number of aromatic amines is 1. The third-order valence-corrected chi connectivity index (χ3v) is 3.92. The Balaban J connectivity index is 1.85. The standard InChI is InChI=1S/C18H15N5O/c1-11-5-3-4-6-13(11)16-17-18(23-22-16)20-10-14(21-17)12-7-8-15(24-2)19-9-12/h3-10H,1-2H3,(H,20,22,23). The van der Waals surface area contributed by atoms with E-state index in [9.17, 15) is 0 Å². The number of rotatable bonds is 3. The van der Waals surface area contributed by atoms with Crippen molar-refractivity contribution in [2.45, 2.75) is 6.92 Å².